The van der Waals surface area contributed by atoms with E-state index in [1.807, 2.05) is 16.9 Å². The van der Waals surface area contributed by atoms with Gasteiger partial charge >= 0.3 is 0 Å². The lowest BCUT2D eigenvalue weighted by Crippen LogP contribution is -2.26. The molecule has 4 heteroatoms. The Balaban J connectivity index is 1.44. The monoisotopic (exact) mass is 396 g/mol. The maximum atomic E-state index is 4.77. The Morgan fingerprint density at radius 2 is 1.73 bits per heavy atom. The molecule has 0 amide bonds. The van der Waals surface area contributed by atoms with Crippen LogP contribution in [0.3, 0.4) is 0 Å². The van der Waals surface area contributed by atoms with Gasteiger partial charge in [-0.3, -0.25) is 0 Å². The maximum Gasteiger partial charge on any atom is 0.162 e. The van der Waals surface area contributed by atoms with E-state index < -0.39 is 0 Å². The molecule has 4 nitrogen and oxygen atoms in total. The van der Waals surface area contributed by atoms with Crippen molar-refractivity contribution in [2.45, 2.75) is 38.5 Å². The Morgan fingerprint density at radius 3 is 2.50 bits per heavy atom. The average Bonchev–Trinajstić information content (AvgIpc) is 3.23. The molecule has 1 saturated heterocycles. The highest BCUT2D eigenvalue weighted by Crippen LogP contribution is 2.30. The third kappa shape index (κ3) is 3.63. The molecule has 5 rings (SSSR count). The van der Waals surface area contributed by atoms with E-state index in [4.69, 9.17) is 4.98 Å². The van der Waals surface area contributed by atoms with Crippen LogP contribution in [-0.2, 0) is 0 Å². The van der Waals surface area contributed by atoms with Gasteiger partial charge in [0.2, 0.25) is 0 Å². The van der Waals surface area contributed by atoms with E-state index >= 15 is 0 Å². The molecule has 1 aliphatic rings. The first-order valence-electron chi connectivity index (χ1n) is 10.9. The molecule has 0 radical (unpaired) electrons. The van der Waals surface area contributed by atoms with Crippen LogP contribution in [0.2, 0.25) is 0 Å². The average molecular weight is 397 g/mol. The molecule has 3 heterocycles. The predicted molar refractivity (Wildman–Crippen MR) is 123 cm³/mol. The first-order chi connectivity index (χ1) is 14.7. The van der Waals surface area contributed by atoms with E-state index in [-0.39, 0.29) is 0 Å². The molecule has 0 atom stereocenters. The summed E-state index contributed by atoms with van der Waals surface area (Å²) in [5.74, 6) is 1.18. The molecule has 0 bridgehead atoms. The smallest absolute Gasteiger partial charge is 0.162 e. The number of aromatic nitrogens is 3. The Morgan fingerprint density at radius 1 is 0.933 bits per heavy atom. The molecule has 1 N–H and O–H groups in total. The van der Waals surface area contributed by atoms with Gasteiger partial charge in [0.05, 0.1) is 6.20 Å². The van der Waals surface area contributed by atoms with Crippen molar-refractivity contribution < 1.29 is 0 Å². The summed E-state index contributed by atoms with van der Waals surface area (Å²) in [7, 11) is 0. The van der Waals surface area contributed by atoms with Crippen LogP contribution < -0.4 is 5.32 Å². The van der Waals surface area contributed by atoms with Crippen molar-refractivity contribution in [2.75, 3.05) is 13.1 Å². The SMILES string of the molecule is CC(C)c1cccc(-c2cnn3cc(-c4ccc(C5CCNCC5)cc4)cnc23)c1. The Labute approximate surface area is 178 Å². The minimum absolute atomic E-state index is 0.499. The summed E-state index contributed by atoms with van der Waals surface area (Å²) in [6, 6.07) is 17.7. The van der Waals surface area contributed by atoms with Crippen molar-refractivity contribution in [3.63, 3.8) is 0 Å². The Hall–Kier alpha value is -2.98. The normalized spacial score (nSPS) is 15.2. The number of hydrogen-bond acceptors (Lipinski definition) is 3. The molecule has 1 fully saturated rings. The summed E-state index contributed by atoms with van der Waals surface area (Å²) in [6.45, 7) is 6.68. The van der Waals surface area contributed by atoms with Gasteiger partial charge in [-0.25, -0.2) is 9.50 Å². The highest BCUT2D eigenvalue weighted by molar-refractivity contribution is 5.78. The van der Waals surface area contributed by atoms with Crippen LogP contribution in [-0.4, -0.2) is 27.7 Å². The molecule has 0 saturated carbocycles. The second kappa shape index (κ2) is 8.04. The van der Waals surface area contributed by atoms with E-state index in [1.165, 1.54) is 35.1 Å². The topological polar surface area (TPSA) is 42.2 Å². The summed E-state index contributed by atoms with van der Waals surface area (Å²) in [4.78, 5) is 4.77. The lowest BCUT2D eigenvalue weighted by atomic mass is 9.89. The highest BCUT2D eigenvalue weighted by Gasteiger charge is 2.15. The van der Waals surface area contributed by atoms with Gasteiger partial charge in [0.1, 0.15) is 0 Å². The molecule has 0 aliphatic carbocycles. The molecule has 2 aromatic heterocycles. The third-order valence-corrected chi connectivity index (χ3v) is 6.28. The number of nitrogens with one attached hydrogen (secondary N) is 1. The van der Waals surface area contributed by atoms with Crippen LogP contribution in [0.1, 0.15) is 49.7 Å². The van der Waals surface area contributed by atoms with Crippen molar-refractivity contribution >= 4 is 5.65 Å². The van der Waals surface area contributed by atoms with E-state index in [0.29, 0.717) is 11.8 Å². The second-order valence-corrected chi connectivity index (χ2v) is 8.60. The molecule has 0 spiro atoms. The van der Waals surface area contributed by atoms with Crippen molar-refractivity contribution in [1.82, 2.24) is 19.9 Å². The number of rotatable bonds is 4. The molecular weight excluding hydrogens is 368 g/mol. The van der Waals surface area contributed by atoms with Crippen LogP contribution in [0, 0.1) is 0 Å². The molecular formula is C26H28N4. The van der Waals surface area contributed by atoms with Gasteiger partial charge in [0, 0.05) is 23.5 Å². The summed E-state index contributed by atoms with van der Waals surface area (Å²) < 4.78 is 1.90. The van der Waals surface area contributed by atoms with Crippen molar-refractivity contribution in [2.24, 2.45) is 0 Å². The van der Waals surface area contributed by atoms with Crippen LogP contribution >= 0.6 is 0 Å². The standard InChI is InChI=1S/C26H28N4/c1-18(2)22-4-3-5-23(14-22)25-16-29-30-17-24(15-28-26(25)30)20-8-6-19(7-9-20)21-10-12-27-13-11-21/h3-9,14-18,21,27H,10-13H2,1-2H3. The zero-order valence-electron chi connectivity index (χ0n) is 17.7. The second-order valence-electron chi connectivity index (χ2n) is 8.60. The van der Waals surface area contributed by atoms with Gasteiger partial charge in [0.15, 0.2) is 5.65 Å². The molecule has 30 heavy (non-hydrogen) atoms. The zero-order valence-corrected chi connectivity index (χ0v) is 17.7. The fraction of sp³-hybridized carbons (Fsp3) is 0.308. The Bertz CT molecular complexity index is 1150. The molecule has 2 aromatic carbocycles. The van der Waals surface area contributed by atoms with Crippen molar-refractivity contribution in [1.29, 1.82) is 0 Å². The van der Waals surface area contributed by atoms with Gasteiger partial charge in [-0.05, 0) is 60.0 Å². The van der Waals surface area contributed by atoms with E-state index in [0.717, 1.165) is 29.9 Å². The summed E-state index contributed by atoms with van der Waals surface area (Å²) in [5, 5.41) is 8.04. The first-order valence-corrected chi connectivity index (χ1v) is 10.9. The number of benzene rings is 2. The fourth-order valence-corrected chi connectivity index (χ4v) is 4.40. The predicted octanol–water partition coefficient (Wildman–Crippen LogP) is 5.65. The van der Waals surface area contributed by atoms with Crippen LogP contribution in [0.4, 0.5) is 0 Å². The lowest BCUT2D eigenvalue weighted by Gasteiger charge is -2.23. The Kier molecular flexibility index (Phi) is 5.09. The summed E-state index contributed by atoms with van der Waals surface area (Å²) in [5.41, 5.74) is 8.18. The number of fused-ring (bicyclic) bond motifs is 1. The maximum absolute atomic E-state index is 4.77. The quantitative estimate of drug-likeness (QED) is 0.484. The molecule has 1 aliphatic heterocycles. The first kappa shape index (κ1) is 19.0. The van der Waals surface area contributed by atoms with E-state index in [1.54, 1.807) is 0 Å². The lowest BCUT2D eigenvalue weighted by molar-refractivity contribution is 0.460. The van der Waals surface area contributed by atoms with Crippen LogP contribution in [0.25, 0.3) is 27.9 Å². The van der Waals surface area contributed by atoms with Crippen LogP contribution in [0.5, 0.6) is 0 Å². The fourth-order valence-electron chi connectivity index (χ4n) is 4.40. The van der Waals surface area contributed by atoms with E-state index in [2.05, 4.69) is 79.0 Å². The number of hydrogen-bond donors (Lipinski definition) is 1. The van der Waals surface area contributed by atoms with Gasteiger partial charge < -0.3 is 5.32 Å². The third-order valence-electron chi connectivity index (χ3n) is 6.28. The van der Waals surface area contributed by atoms with Gasteiger partial charge in [-0.1, -0.05) is 62.4 Å². The van der Waals surface area contributed by atoms with Crippen molar-refractivity contribution in [3.05, 3.63) is 78.2 Å². The molecule has 152 valence electrons. The summed E-state index contributed by atoms with van der Waals surface area (Å²) >= 11 is 0. The van der Waals surface area contributed by atoms with E-state index in [9.17, 15) is 0 Å². The van der Waals surface area contributed by atoms with Crippen LogP contribution in [0.15, 0.2) is 67.1 Å². The minimum Gasteiger partial charge on any atom is -0.317 e. The minimum atomic E-state index is 0.499. The van der Waals surface area contributed by atoms with Gasteiger partial charge in [-0.15, -0.1) is 0 Å². The molecule has 0 unspecified atom stereocenters. The number of piperidine rings is 1. The highest BCUT2D eigenvalue weighted by atomic mass is 15.2. The number of nitrogens with zero attached hydrogens (tertiary/aromatic N) is 3. The van der Waals surface area contributed by atoms with Gasteiger partial charge in [-0.2, -0.15) is 5.10 Å². The zero-order chi connectivity index (χ0) is 20.5. The van der Waals surface area contributed by atoms with Crippen molar-refractivity contribution in [3.8, 4) is 22.3 Å². The molecule has 4 aromatic rings. The largest absolute Gasteiger partial charge is 0.317 e. The van der Waals surface area contributed by atoms with Gasteiger partial charge in [0.25, 0.3) is 0 Å². The summed E-state index contributed by atoms with van der Waals surface area (Å²) in [6.07, 6.45) is 8.41.